The van der Waals surface area contributed by atoms with Crippen LogP contribution in [0.5, 0.6) is 0 Å². The number of pyridine rings is 1. The quantitative estimate of drug-likeness (QED) is 0.865. The van der Waals surface area contributed by atoms with Gasteiger partial charge in [0.25, 0.3) is 0 Å². The van der Waals surface area contributed by atoms with E-state index in [-0.39, 0.29) is 0 Å². The molecule has 0 aliphatic rings. The molecule has 0 aliphatic heterocycles. The van der Waals surface area contributed by atoms with Crippen LogP contribution in [-0.2, 0) is 6.54 Å². The van der Waals surface area contributed by atoms with Crippen LogP contribution in [-0.4, -0.2) is 4.98 Å². The van der Waals surface area contributed by atoms with Crippen molar-refractivity contribution in [1.29, 1.82) is 5.26 Å². The zero-order valence-electron chi connectivity index (χ0n) is 8.58. The highest BCUT2D eigenvalue weighted by Crippen LogP contribution is 2.23. The summed E-state index contributed by atoms with van der Waals surface area (Å²) in [5, 5.41) is 12.4. The predicted octanol–water partition coefficient (Wildman–Crippen LogP) is 4.04. The third kappa shape index (κ3) is 3.19. The molecule has 0 aliphatic carbocycles. The van der Waals surface area contributed by atoms with E-state index < -0.39 is 0 Å². The van der Waals surface area contributed by atoms with Gasteiger partial charge in [-0.05, 0) is 34.1 Å². The highest BCUT2D eigenvalue weighted by atomic mass is 79.9. The van der Waals surface area contributed by atoms with Crippen molar-refractivity contribution in [3.05, 3.63) is 43.8 Å². The summed E-state index contributed by atoms with van der Waals surface area (Å²) in [6.45, 7) is 0.669. The average Bonchev–Trinajstić information content (AvgIpc) is 2.79. The Morgan fingerprint density at radius 3 is 3.00 bits per heavy atom. The summed E-state index contributed by atoms with van der Waals surface area (Å²) in [5.41, 5.74) is 0.883. The molecule has 2 heterocycles. The van der Waals surface area contributed by atoms with Crippen molar-refractivity contribution in [2.75, 3.05) is 5.32 Å². The molecule has 2 aromatic rings. The van der Waals surface area contributed by atoms with E-state index in [1.54, 1.807) is 6.20 Å². The molecule has 2 rings (SSSR count). The van der Waals surface area contributed by atoms with E-state index in [1.807, 2.05) is 18.2 Å². The molecule has 0 bridgehead atoms. The SMILES string of the molecule is N#Cc1ccc(CNc2cnc(Cl)c(Br)c2)s1. The third-order valence-electron chi connectivity index (χ3n) is 2.03. The fraction of sp³-hybridized carbons (Fsp3) is 0.0909. The molecular formula is C11H7BrClN3S. The van der Waals surface area contributed by atoms with Crippen LogP contribution < -0.4 is 5.32 Å². The highest BCUT2D eigenvalue weighted by Gasteiger charge is 2.02. The summed E-state index contributed by atoms with van der Waals surface area (Å²) in [7, 11) is 0. The normalized spacial score (nSPS) is 9.94. The molecule has 0 aromatic carbocycles. The molecule has 2 aromatic heterocycles. The van der Waals surface area contributed by atoms with Crippen LogP contribution in [0.3, 0.4) is 0 Å². The van der Waals surface area contributed by atoms with Gasteiger partial charge in [0.2, 0.25) is 0 Å². The lowest BCUT2D eigenvalue weighted by Crippen LogP contribution is -1.97. The van der Waals surface area contributed by atoms with E-state index in [9.17, 15) is 0 Å². The molecule has 0 atom stereocenters. The van der Waals surface area contributed by atoms with Crippen LogP contribution in [0.2, 0.25) is 5.15 Å². The molecule has 3 nitrogen and oxygen atoms in total. The summed E-state index contributed by atoms with van der Waals surface area (Å²) in [6, 6.07) is 7.74. The number of nitriles is 1. The number of aromatic nitrogens is 1. The van der Waals surface area contributed by atoms with Crippen molar-refractivity contribution >= 4 is 44.6 Å². The molecule has 17 heavy (non-hydrogen) atoms. The second-order valence-electron chi connectivity index (χ2n) is 3.23. The maximum atomic E-state index is 8.71. The predicted molar refractivity (Wildman–Crippen MR) is 73.3 cm³/mol. The van der Waals surface area contributed by atoms with Gasteiger partial charge in [0.15, 0.2) is 0 Å². The monoisotopic (exact) mass is 327 g/mol. The van der Waals surface area contributed by atoms with E-state index in [2.05, 4.69) is 32.3 Å². The van der Waals surface area contributed by atoms with Gasteiger partial charge in [0.05, 0.1) is 16.4 Å². The number of thiophene rings is 1. The van der Waals surface area contributed by atoms with Gasteiger partial charge in [-0.3, -0.25) is 0 Å². The number of halogens is 2. The van der Waals surface area contributed by atoms with Crippen LogP contribution in [0.15, 0.2) is 28.9 Å². The van der Waals surface area contributed by atoms with Crippen LogP contribution in [0.4, 0.5) is 5.69 Å². The molecule has 0 radical (unpaired) electrons. The first-order valence-electron chi connectivity index (χ1n) is 4.73. The molecule has 0 spiro atoms. The molecule has 0 amide bonds. The number of nitrogens with zero attached hydrogens (tertiary/aromatic N) is 2. The minimum absolute atomic E-state index is 0.443. The maximum Gasteiger partial charge on any atom is 0.143 e. The van der Waals surface area contributed by atoms with Crippen molar-refractivity contribution in [1.82, 2.24) is 4.98 Å². The number of anilines is 1. The van der Waals surface area contributed by atoms with Gasteiger partial charge in [-0.1, -0.05) is 11.6 Å². The van der Waals surface area contributed by atoms with Gasteiger partial charge >= 0.3 is 0 Å². The second-order valence-corrected chi connectivity index (χ2v) is 5.61. The smallest absolute Gasteiger partial charge is 0.143 e. The summed E-state index contributed by atoms with van der Waals surface area (Å²) >= 11 is 10.6. The Balaban J connectivity index is 2.02. The number of nitrogens with one attached hydrogen (secondary N) is 1. The number of rotatable bonds is 3. The second kappa shape index (κ2) is 5.50. The molecule has 1 N–H and O–H groups in total. The van der Waals surface area contributed by atoms with E-state index in [0.29, 0.717) is 11.7 Å². The first kappa shape index (κ1) is 12.4. The molecule has 86 valence electrons. The number of hydrogen-bond donors (Lipinski definition) is 1. The maximum absolute atomic E-state index is 8.71. The molecule has 0 saturated carbocycles. The molecule has 0 unspecified atom stereocenters. The van der Waals surface area contributed by atoms with Crippen LogP contribution in [0.25, 0.3) is 0 Å². The minimum Gasteiger partial charge on any atom is -0.379 e. The van der Waals surface area contributed by atoms with Gasteiger partial charge in [-0.15, -0.1) is 11.3 Å². The van der Waals surface area contributed by atoms with Gasteiger partial charge in [-0.25, -0.2) is 4.98 Å². The lowest BCUT2D eigenvalue weighted by Gasteiger charge is -2.05. The van der Waals surface area contributed by atoms with Gasteiger partial charge in [0, 0.05) is 11.4 Å². The Kier molecular flexibility index (Phi) is 4.00. The molecular weight excluding hydrogens is 322 g/mol. The van der Waals surface area contributed by atoms with Crippen LogP contribution in [0, 0.1) is 11.3 Å². The standard InChI is InChI=1S/C11H7BrClN3S/c12-10-3-7(5-16-11(10)13)15-6-9-2-1-8(4-14)17-9/h1-3,5,15H,6H2. The summed E-state index contributed by atoms with van der Waals surface area (Å²) < 4.78 is 0.757. The summed E-state index contributed by atoms with van der Waals surface area (Å²) in [4.78, 5) is 5.84. The molecule has 0 saturated heterocycles. The summed E-state index contributed by atoms with van der Waals surface area (Å²) in [5.74, 6) is 0. The van der Waals surface area contributed by atoms with Crippen LogP contribution >= 0.6 is 38.9 Å². The van der Waals surface area contributed by atoms with Crippen LogP contribution in [0.1, 0.15) is 9.75 Å². The zero-order valence-corrected chi connectivity index (χ0v) is 11.7. The highest BCUT2D eigenvalue weighted by molar-refractivity contribution is 9.10. The molecule has 6 heteroatoms. The van der Waals surface area contributed by atoms with Gasteiger partial charge in [-0.2, -0.15) is 5.26 Å². The largest absolute Gasteiger partial charge is 0.379 e. The van der Waals surface area contributed by atoms with Crippen molar-refractivity contribution in [3.8, 4) is 6.07 Å². The Bertz CT molecular complexity index is 576. The summed E-state index contributed by atoms with van der Waals surface area (Å²) in [6.07, 6.45) is 1.67. The molecule has 0 fully saturated rings. The van der Waals surface area contributed by atoms with Crippen molar-refractivity contribution in [3.63, 3.8) is 0 Å². The minimum atomic E-state index is 0.443. The van der Waals surface area contributed by atoms with Gasteiger partial charge < -0.3 is 5.32 Å². The number of hydrogen-bond acceptors (Lipinski definition) is 4. The lowest BCUT2D eigenvalue weighted by molar-refractivity contribution is 1.17. The average molecular weight is 329 g/mol. The fourth-order valence-corrected chi connectivity index (χ4v) is 2.44. The van der Waals surface area contributed by atoms with Crippen molar-refractivity contribution in [2.24, 2.45) is 0 Å². The Morgan fingerprint density at radius 1 is 1.53 bits per heavy atom. The van der Waals surface area contributed by atoms with E-state index in [1.165, 1.54) is 11.3 Å². The van der Waals surface area contributed by atoms with E-state index >= 15 is 0 Å². The third-order valence-corrected chi connectivity index (χ3v) is 4.16. The first-order valence-corrected chi connectivity index (χ1v) is 6.71. The van der Waals surface area contributed by atoms with Gasteiger partial charge in [0.1, 0.15) is 16.1 Å². The Hall–Kier alpha value is -1.09. The van der Waals surface area contributed by atoms with Crippen molar-refractivity contribution < 1.29 is 0 Å². The fourth-order valence-electron chi connectivity index (χ4n) is 1.24. The Labute approximate surface area is 116 Å². The van der Waals surface area contributed by atoms with Crippen molar-refractivity contribution in [2.45, 2.75) is 6.54 Å². The zero-order chi connectivity index (χ0) is 12.3. The lowest BCUT2D eigenvalue weighted by atomic mass is 10.4. The first-order chi connectivity index (χ1) is 8.19. The van der Waals surface area contributed by atoms with E-state index in [4.69, 9.17) is 16.9 Å². The van der Waals surface area contributed by atoms with E-state index in [0.717, 1.165) is 19.9 Å². The topological polar surface area (TPSA) is 48.7 Å². The Morgan fingerprint density at radius 2 is 2.35 bits per heavy atom.